The van der Waals surface area contributed by atoms with E-state index in [1.807, 2.05) is 0 Å². The van der Waals surface area contributed by atoms with Gasteiger partial charge in [0, 0.05) is 12.8 Å². The molecule has 0 aromatic rings. The summed E-state index contributed by atoms with van der Waals surface area (Å²) < 4.78 is 0. The smallest absolute Gasteiger partial charge is 0.0879 e. The Labute approximate surface area is 78.4 Å². The molecular formula is C10H14O3. The Kier molecular flexibility index (Phi) is 8.39. The summed E-state index contributed by atoms with van der Waals surface area (Å²) in [5, 5.41) is 25.7. The quantitative estimate of drug-likeness (QED) is 0.516. The Hall–Kier alpha value is -1.00. The van der Waals surface area contributed by atoms with Crippen LogP contribution in [0, 0.1) is 23.7 Å². The summed E-state index contributed by atoms with van der Waals surface area (Å²) in [7, 11) is 0. The Morgan fingerprint density at radius 3 is 2.31 bits per heavy atom. The van der Waals surface area contributed by atoms with Gasteiger partial charge < -0.3 is 15.3 Å². The van der Waals surface area contributed by atoms with Crippen molar-refractivity contribution in [1.29, 1.82) is 0 Å². The molecule has 0 aliphatic carbocycles. The maximum absolute atomic E-state index is 8.88. The lowest BCUT2D eigenvalue weighted by Crippen LogP contribution is -2.09. The van der Waals surface area contributed by atoms with Gasteiger partial charge in [-0.1, -0.05) is 23.7 Å². The van der Waals surface area contributed by atoms with Crippen LogP contribution < -0.4 is 0 Å². The molecule has 1 unspecified atom stereocenters. The maximum atomic E-state index is 8.88. The lowest BCUT2D eigenvalue weighted by molar-refractivity contribution is 0.0992. The molecule has 3 heteroatoms. The van der Waals surface area contributed by atoms with Gasteiger partial charge in [0.2, 0.25) is 0 Å². The van der Waals surface area contributed by atoms with Crippen molar-refractivity contribution in [3.63, 3.8) is 0 Å². The summed E-state index contributed by atoms with van der Waals surface area (Å²) in [6.45, 7) is -0.186. The topological polar surface area (TPSA) is 60.7 Å². The van der Waals surface area contributed by atoms with Gasteiger partial charge in [-0.3, -0.25) is 0 Å². The van der Waals surface area contributed by atoms with Crippen LogP contribution >= 0.6 is 0 Å². The van der Waals surface area contributed by atoms with E-state index in [0.717, 1.165) is 0 Å². The van der Waals surface area contributed by atoms with Crippen molar-refractivity contribution in [1.82, 2.24) is 0 Å². The van der Waals surface area contributed by atoms with Crippen LogP contribution in [0.4, 0.5) is 0 Å². The molecule has 0 aromatic carbocycles. The average Bonchev–Trinajstić information content (AvgIpc) is 2.16. The number of aliphatic hydroxyl groups excluding tert-OH is 3. The third-order valence-corrected chi connectivity index (χ3v) is 1.21. The zero-order valence-corrected chi connectivity index (χ0v) is 7.45. The van der Waals surface area contributed by atoms with Gasteiger partial charge in [-0.25, -0.2) is 0 Å². The summed E-state index contributed by atoms with van der Waals surface area (Å²) in [4.78, 5) is 0. The van der Waals surface area contributed by atoms with Gasteiger partial charge >= 0.3 is 0 Å². The molecule has 0 bridgehead atoms. The molecule has 72 valence electrons. The molecule has 0 aromatic heterocycles. The summed E-state index contributed by atoms with van der Waals surface area (Å²) >= 11 is 0. The fourth-order valence-electron chi connectivity index (χ4n) is 0.568. The highest BCUT2D eigenvalue weighted by Crippen LogP contribution is 1.86. The zero-order valence-electron chi connectivity index (χ0n) is 7.45. The van der Waals surface area contributed by atoms with E-state index < -0.39 is 6.10 Å². The van der Waals surface area contributed by atoms with Crippen LogP contribution in [0.25, 0.3) is 0 Å². The number of hydrogen-bond donors (Lipinski definition) is 3. The van der Waals surface area contributed by atoms with Crippen LogP contribution in [0.5, 0.6) is 0 Å². The van der Waals surface area contributed by atoms with Gasteiger partial charge in [0.05, 0.1) is 25.7 Å². The van der Waals surface area contributed by atoms with E-state index in [9.17, 15) is 0 Å². The monoisotopic (exact) mass is 182 g/mol. The van der Waals surface area contributed by atoms with Gasteiger partial charge in [-0.15, -0.1) is 0 Å². The predicted molar refractivity (Wildman–Crippen MR) is 49.6 cm³/mol. The first-order valence-electron chi connectivity index (χ1n) is 4.12. The van der Waals surface area contributed by atoms with Gasteiger partial charge in [0.25, 0.3) is 0 Å². The van der Waals surface area contributed by atoms with Crippen LogP contribution in [0.1, 0.15) is 19.3 Å². The molecule has 0 saturated carbocycles. The normalized spacial score (nSPS) is 10.7. The fraction of sp³-hybridized carbons (Fsp3) is 0.600. The van der Waals surface area contributed by atoms with Crippen molar-refractivity contribution >= 4 is 0 Å². The molecule has 0 saturated heterocycles. The molecule has 0 heterocycles. The number of rotatable bonds is 3. The Morgan fingerprint density at radius 1 is 1.00 bits per heavy atom. The molecule has 3 N–H and O–H groups in total. The number of hydrogen-bond acceptors (Lipinski definition) is 3. The van der Waals surface area contributed by atoms with E-state index in [0.29, 0.717) is 12.8 Å². The Bertz CT molecular complexity index is 226. The second-order valence-electron chi connectivity index (χ2n) is 2.40. The van der Waals surface area contributed by atoms with E-state index in [2.05, 4.69) is 23.7 Å². The second-order valence-corrected chi connectivity index (χ2v) is 2.40. The fourth-order valence-corrected chi connectivity index (χ4v) is 0.568. The van der Waals surface area contributed by atoms with Gasteiger partial charge in [0.15, 0.2) is 0 Å². The first-order valence-corrected chi connectivity index (χ1v) is 4.12. The Balaban J connectivity index is 3.46. The molecular weight excluding hydrogens is 168 g/mol. The van der Waals surface area contributed by atoms with Crippen LogP contribution in [0.15, 0.2) is 0 Å². The highest BCUT2D eigenvalue weighted by atomic mass is 16.3. The highest BCUT2D eigenvalue weighted by Gasteiger charge is 1.95. The maximum Gasteiger partial charge on any atom is 0.0879 e. The van der Waals surface area contributed by atoms with Crippen molar-refractivity contribution in [3.05, 3.63) is 0 Å². The molecule has 0 aliphatic heterocycles. The third kappa shape index (κ3) is 8.91. The van der Waals surface area contributed by atoms with Crippen LogP contribution in [0.2, 0.25) is 0 Å². The van der Waals surface area contributed by atoms with Crippen LogP contribution in [-0.2, 0) is 0 Å². The molecule has 0 spiro atoms. The average molecular weight is 182 g/mol. The first kappa shape index (κ1) is 12.0. The SMILES string of the molecule is OCCC#CCC#CCC(O)CO. The molecule has 0 fully saturated rings. The minimum Gasteiger partial charge on any atom is -0.395 e. The highest BCUT2D eigenvalue weighted by molar-refractivity contribution is 5.11. The molecule has 0 amide bonds. The van der Waals surface area contributed by atoms with Gasteiger partial charge in [-0.05, 0) is 0 Å². The Morgan fingerprint density at radius 2 is 1.69 bits per heavy atom. The second kappa shape index (κ2) is 9.09. The minimum atomic E-state index is -0.752. The standard InChI is InChI=1S/C10H14O3/c11-8-6-4-2-1-3-5-7-10(13)9-12/h10-13H,1,6-9H2. The minimum absolute atomic E-state index is 0.0731. The molecule has 13 heavy (non-hydrogen) atoms. The molecule has 0 radical (unpaired) electrons. The van der Waals surface area contributed by atoms with Crippen LogP contribution in [0.3, 0.4) is 0 Å². The van der Waals surface area contributed by atoms with Crippen molar-refractivity contribution in [3.8, 4) is 23.7 Å². The van der Waals surface area contributed by atoms with E-state index in [1.54, 1.807) is 0 Å². The summed E-state index contributed by atoms with van der Waals surface area (Å²) in [6.07, 6.45) is 0.440. The predicted octanol–water partition coefficient (Wildman–Crippen LogP) is -0.491. The van der Waals surface area contributed by atoms with Crippen molar-refractivity contribution in [2.45, 2.75) is 25.4 Å². The lowest BCUT2D eigenvalue weighted by Gasteiger charge is -1.97. The van der Waals surface area contributed by atoms with Crippen LogP contribution in [-0.4, -0.2) is 34.6 Å². The van der Waals surface area contributed by atoms with Gasteiger partial charge in [0.1, 0.15) is 0 Å². The van der Waals surface area contributed by atoms with Crippen molar-refractivity contribution in [2.24, 2.45) is 0 Å². The van der Waals surface area contributed by atoms with E-state index in [-0.39, 0.29) is 19.6 Å². The largest absolute Gasteiger partial charge is 0.395 e. The van der Waals surface area contributed by atoms with Crippen molar-refractivity contribution < 1.29 is 15.3 Å². The lowest BCUT2D eigenvalue weighted by atomic mass is 10.2. The number of aliphatic hydroxyl groups is 3. The summed E-state index contributed by atoms with van der Waals surface area (Å²) in [6, 6.07) is 0. The van der Waals surface area contributed by atoms with E-state index in [4.69, 9.17) is 15.3 Å². The van der Waals surface area contributed by atoms with Gasteiger partial charge in [-0.2, -0.15) is 0 Å². The van der Waals surface area contributed by atoms with E-state index >= 15 is 0 Å². The molecule has 0 aliphatic rings. The first-order chi connectivity index (χ1) is 6.31. The zero-order chi connectivity index (χ0) is 9.94. The van der Waals surface area contributed by atoms with Crippen molar-refractivity contribution in [2.75, 3.05) is 13.2 Å². The molecule has 0 rings (SSSR count). The summed E-state index contributed by atoms with van der Waals surface area (Å²) in [5.41, 5.74) is 0. The third-order valence-electron chi connectivity index (χ3n) is 1.21. The molecule has 1 atom stereocenters. The van der Waals surface area contributed by atoms with E-state index in [1.165, 1.54) is 0 Å². The molecule has 3 nitrogen and oxygen atoms in total. The summed E-state index contributed by atoms with van der Waals surface area (Å²) in [5.74, 6) is 10.9.